The Balaban J connectivity index is 2.53. The summed E-state index contributed by atoms with van der Waals surface area (Å²) < 4.78 is 0. The highest BCUT2D eigenvalue weighted by atomic mass is 16.3. The molecule has 0 saturated carbocycles. The highest BCUT2D eigenvalue weighted by molar-refractivity contribution is 5.78. The summed E-state index contributed by atoms with van der Waals surface area (Å²) in [6.45, 7) is -0.0636. The molecule has 0 radical (unpaired) electrons. The highest BCUT2D eigenvalue weighted by Gasteiger charge is 2.04. The Morgan fingerprint density at radius 1 is 1.06 bits per heavy atom. The van der Waals surface area contributed by atoms with Crippen LogP contribution >= 0.6 is 0 Å². The lowest BCUT2D eigenvalue weighted by Crippen LogP contribution is -1.92. The first-order chi connectivity index (χ1) is 7.85. The lowest BCUT2D eigenvalue weighted by molar-refractivity contribution is 0.112. The fraction of sp³-hybridized carbons (Fsp3) is 0.0714. The predicted octanol–water partition coefficient (Wildman–Crippen LogP) is 2.66. The molecular weight excluding hydrogens is 200 g/mol. The lowest BCUT2D eigenvalue weighted by atomic mass is 9.98. The van der Waals surface area contributed by atoms with Crippen molar-refractivity contribution >= 4 is 6.29 Å². The van der Waals surface area contributed by atoms with E-state index >= 15 is 0 Å². The van der Waals surface area contributed by atoms with E-state index in [9.17, 15) is 9.90 Å². The number of hydrogen-bond donors (Lipinski definition) is 1. The molecule has 16 heavy (non-hydrogen) atoms. The van der Waals surface area contributed by atoms with Crippen LogP contribution in [0.3, 0.4) is 0 Å². The molecule has 0 bridgehead atoms. The third-order valence-corrected chi connectivity index (χ3v) is 2.52. The second-order valence-electron chi connectivity index (χ2n) is 3.56. The van der Waals surface area contributed by atoms with E-state index in [0.29, 0.717) is 5.56 Å². The summed E-state index contributed by atoms with van der Waals surface area (Å²) in [5.41, 5.74) is 3.37. The molecule has 2 nitrogen and oxygen atoms in total. The van der Waals surface area contributed by atoms with Crippen LogP contribution in [0.5, 0.6) is 0 Å². The number of carbonyl (C=O) groups is 1. The summed E-state index contributed by atoms with van der Waals surface area (Å²) in [4.78, 5) is 10.6. The SMILES string of the molecule is O=Cc1ccc(-c2ccccc2)c(CO)c1. The number of rotatable bonds is 3. The van der Waals surface area contributed by atoms with Gasteiger partial charge in [0.05, 0.1) is 6.61 Å². The molecule has 2 aromatic rings. The smallest absolute Gasteiger partial charge is 0.150 e. The molecule has 0 heterocycles. The average Bonchev–Trinajstić information content (AvgIpc) is 2.39. The Hall–Kier alpha value is -1.93. The molecule has 0 aliphatic rings. The van der Waals surface area contributed by atoms with Crippen molar-refractivity contribution in [2.45, 2.75) is 6.61 Å². The van der Waals surface area contributed by atoms with Gasteiger partial charge in [0, 0.05) is 5.56 Å². The Morgan fingerprint density at radius 2 is 1.81 bits per heavy atom. The predicted molar refractivity (Wildman–Crippen MR) is 63.2 cm³/mol. The number of benzene rings is 2. The van der Waals surface area contributed by atoms with Crippen LogP contribution in [0.4, 0.5) is 0 Å². The molecule has 2 rings (SSSR count). The third-order valence-electron chi connectivity index (χ3n) is 2.52. The molecular formula is C14H12O2. The number of aliphatic hydroxyl groups excluding tert-OH is 1. The van der Waals surface area contributed by atoms with E-state index in [-0.39, 0.29) is 6.61 Å². The van der Waals surface area contributed by atoms with Crippen molar-refractivity contribution in [3.8, 4) is 11.1 Å². The van der Waals surface area contributed by atoms with Gasteiger partial charge >= 0.3 is 0 Å². The first kappa shape index (κ1) is 10.6. The van der Waals surface area contributed by atoms with Crippen molar-refractivity contribution in [1.29, 1.82) is 0 Å². The minimum absolute atomic E-state index is 0.0636. The van der Waals surface area contributed by atoms with Gasteiger partial charge in [-0.05, 0) is 22.8 Å². The Bertz CT molecular complexity index is 489. The topological polar surface area (TPSA) is 37.3 Å². The molecule has 0 aromatic heterocycles. The molecule has 0 saturated heterocycles. The number of aldehydes is 1. The Morgan fingerprint density at radius 3 is 2.44 bits per heavy atom. The van der Waals surface area contributed by atoms with E-state index in [1.165, 1.54) is 0 Å². The molecule has 0 aliphatic heterocycles. The molecule has 0 spiro atoms. The van der Waals surface area contributed by atoms with E-state index in [2.05, 4.69) is 0 Å². The van der Waals surface area contributed by atoms with E-state index in [4.69, 9.17) is 0 Å². The van der Waals surface area contributed by atoms with Gasteiger partial charge < -0.3 is 5.11 Å². The maximum absolute atomic E-state index is 10.6. The Kier molecular flexibility index (Phi) is 3.13. The normalized spacial score (nSPS) is 10.1. The summed E-state index contributed by atoms with van der Waals surface area (Å²) in [7, 11) is 0. The van der Waals surface area contributed by atoms with Crippen molar-refractivity contribution < 1.29 is 9.90 Å². The Labute approximate surface area is 94.2 Å². The first-order valence-electron chi connectivity index (χ1n) is 5.09. The lowest BCUT2D eigenvalue weighted by Gasteiger charge is -2.08. The average molecular weight is 212 g/mol. The zero-order valence-electron chi connectivity index (χ0n) is 8.76. The fourth-order valence-corrected chi connectivity index (χ4v) is 1.72. The minimum atomic E-state index is -0.0636. The minimum Gasteiger partial charge on any atom is -0.392 e. The summed E-state index contributed by atoms with van der Waals surface area (Å²) >= 11 is 0. The second-order valence-corrected chi connectivity index (χ2v) is 3.56. The van der Waals surface area contributed by atoms with Crippen LogP contribution < -0.4 is 0 Å². The van der Waals surface area contributed by atoms with Gasteiger partial charge in [0.25, 0.3) is 0 Å². The van der Waals surface area contributed by atoms with Gasteiger partial charge in [0.15, 0.2) is 0 Å². The van der Waals surface area contributed by atoms with Crippen LogP contribution in [-0.2, 0) is 6.61 Å². The standard InChI is InChI=1S/C14H12O2/c15-9-11-6-7-14(13(8-11)10-16)12-4-2-1-3-5-12/h1-9,16H,10H2. The van der Waals surface area contributed by atoms with Gasteiger partial charge in [-0.3, -0.25) is 4.79 Å². The van der Waals surface area contributed by atoms with Gasteiger partial charge in [-0.15, -0.1) is 0 Å². The summed E-state index contributed by atoms with van der Waals surface area (Å²) in [5, 5.41) is 9.28. The van der Waals surface area contributed by atoms with Gasteiger partial charge in [-0.1, -0.05) is 42.5 Å². The van der Waals surface area contributed by atoms with Crippen molar-refractivity contribution in [3.63, 3.8) is 0 Å². The zero-order valence-corrected chi connectivity index (χ0v) is 8.76. The van der Waals surface area contributed by atoms with Gasteiger partial charge in [-0.25, -0.2) is 0 Å². The van der Waals surface area contributed by atoms with Crippen LogP contribution in [0, 0.1) is 0 Å². The third kappa shape index (κ3) is 2.02. The van der Waals surface area contributed by atoms with Crippen LogP contribution in [0.1, 0.15) is 15.9 Å². The van der Waals surface area contributed by atoms with Crippen LogP contribution in [0.15, 0.2) is 48.5 Å². The van der Waals surface area contributed by atoms with Crippen molar-refractivity contribution in [2.24, 2.45) is 0 Å². The quantitative estimate of drug-likeness (QED) is 0.794. The van der Waals surface area contributed by atoms with E-state index in [0.717, 1.165) is 23.0 Å². The van der Waals surface area contributed by atoms with E-state index in [1.54, 1.807) is 12.1 Å². The van der Waals surface area contributed by atoms with Crippen LogP contribution in [-0.4, -0.2) is 11.4 Å². The molecule has 1 N–H and O–H groups in total. The van der Waals surface area contributed by atoms with Gasteiger partial charge in [0.2, 0.25) is 0 Å². The number of hydrogen-bond acceptors (Lipinski definition) is 2. The zero-order chi connectivity index (χ0) is 11.4. The number of aliphatic hydroxyl groups is 1. The molecule has 0 unspecified atom stereocenters. The van der Waals surface area contributed by atoms with Crippen molar-refractivity contribution in [2.75, 3.05) is 0 Å². The molecule has 0 fully saturated rings. The largest absolute Gasteiger partial charge is 0.392 e. The second kappa shape index (κ2) is 4.73. The number of carbonyl (C=O) groups excluding carboxylic acids is 1. The summed E-state index contributed by atoms with van der Waals surface area (Å²) in [6.07, 6.45) is 0.786. The van der Waals surface area contributed by atoms with E-state index < -0.39 is 0 Å². The van der Waals surface area contributed by atoms with Crippen LogP contribution in [0.2, 0.25) is 0 Å². The van der Waals surface area contributed by atoms with Gasteiger partial charge in [-0.2, -0.15) is 0 Å². The van der Waals surface area contributed by atoms with Gasteiger partial charge in [0.1, 0.15) is 6.29 Å². The molecule has 0 atom stereocenters. The highest BCUT2D eigenvalue weighted by Crippen LogP contribution is 2.24. The molecule has 2 aromatic carbocycles. The summed E-state index contributed by atoms with van der Waals surface area (Å²) in [5.74, 6) is 0. The molecule has 80 valence electrons. The maximum atomic E-state index is 10.6. The van der Waals surface area contributed by atoms with E-state index in [1.807, 2.05) is 36.4 Å². The maximum Gasteiger partial charge on any atom is 0.150 e. The molecule has 0 aliphatic carbocycles. The monoisotopic (exact) mass is 212 g/mol. The van der Waals surface area contributed by atoms with Crippen molar-refractivity contribution in [3.05, 3.63) is 59.7 Å². The molecule has 2 heteroatoms. The first-order valence-corrected chi connectivity index (χ1v) is 5.09. The summed E-state index contributed by atoms with van der Waals surface area (Å²) in [6, 6.07) is 15.1. The van der Waals surface area contributed by atoms with Crippen LogP contribution in [0.25, 0.3) is 11.1 Å². The van der Waals surface area contributed by atoms with Crippen molar-refractivity contribution in [1.82, 2.24) is 0 Å². The molecule has 0 amide bonds. The fourth-order valence-electron chi connectivity index (χ4n) is 1.72.